The number of nitrogens with zero attached hydrogens (tertiary/aromatic N) is 5. The lowest BCUT2D eigenvalue weighted by Crippen LogP contribution is -2.40. The van der Waals surface area contributed by atoms with Crippen molar-refractivity contribution >= 4 is 5.91 Å². The number of likely N-dealkylation sites (tertiary alicyclic amines) is 1. The number of hydrogen-bond acceptors (Lipinski definition) is 4. The average Bonchev–Trinajstić information content (AvgIpc) is 3.28. The number of hydrogen-bond donors (Lipinski definition) is 1. The molecule has 7 nitrogen and oxygen atoms in total. The smallest absolute Gasteiger partial charge is 0.244 e. The second-order valence-electron chi connectivity index (χ2n) is 7.81. The maximum absolute atomic E-state index is 12.6. The second-order valence-corrected chi connectivity index (χ2v) is 7.81. The maximum Gasteiger partial charge on any atom is 0.244 e. The number of H-pyrrole nitrogens is 1. The van der Waals surface area contributed by atoms with Gasteiger partial charge in [0.15, 0.2) is 5.82 Å². The number of benzene rings is 1. The fourth-order valence-electron chi connectivity index (χ4n) is 3.91. The van der Waals surface area contributed by atoms with Crippen molar-refractivity contribution in [1.29, 1.82) is 0 Å². The van der Waals surface area contributed by atoms with Crippen molar-refractivity contribution in [1.82, 2.24) is 29.9 Å². The third-order valence-corrected chi connectivity index (χ3v) is 5.77. The fourth-order valence-corrected chi connectivity index (χ4v) is 3.91. The largest absolute Gasteiger partial charge is 0.341 e. The molecule has 1 aromatic carbocycles. The van der Waals surface area contributed by atoms with E-state index in [9.17, 15) is 4.79 Å². The SMILES string of the molecule is O=C(Cn1cc(C2CC2)cn1)N1CCC(c2nc(-c3ccccc3)n[nH]2)CC1. The van der Waals surface area contributed by atoms with Gasteiger partial charge in [-0.25, -0.2) is 4.98 Å². The van der Waals surface area contributed by atoms with E-state index in [0.717, 1.165) is 43.1 Å². The van der Waals surface area contributed by atoms with E-state index in [4.69, 9.17) is 0 Å². The van der Waals surface area contributed by atoms with Crippen molar-refractivity contribution in [3.05, 3.63) is 54.1 Å². The lowest BCUT2D eigenvalue weighted by molar-refractivity contribution is -0.133. The zero-order valence-electron chi connectivity index (χ0n) is 15.8. The summed E-state index contributed by atoms with van der Waals surface area (Å²) in [6.07, 6.45) is 8.25. The Morgan fingerprint density at radius 2 is 1.86 bits per heavy atom. The quantitative estimate of drug-likeness (QED) is 0.742. The molecular formula is C21H24N6O. The van der Waals surface area contributed by atoms with Gasteiger partial charge >= 0.3 is 0 Å². The molecule has 144 valence electrons. The Hall–Kier alpha value is -2.96. The van der Waals surface area contributed by atoms with Gasteiger partial charge in [-0.1, -0.05) is 30.3 Å². The Balaban J connectivity index is 1.17. The molecule has 3 aromatic rings. The van der Waals surface area contributed by atoms with Crippen molar-refractivity contribution in [3.63, 3.8) is 0 Å². The van der Waals surface area contributed by atoms with E-state index in [-0.39, 0.29) is 5.91 Å². The molecule has 2 aromatic heterocycles. The fraction of sp³-hybridized carbons (Fsp3) is 0.429. The van der Waals surface area contributed by atoms with Crippen LogP contribution in [0.25, 0.3) is 11.4 Å². The highest BCUT2D eigenvalue weighted by Gasteiger charge is 2.27. The van der Waals surface area contributed by atoms with Crippen LogP contribution in [-0.4, -0.2) is 48.9 Å². The minimum atomic E-state index is 0.145. The van der Waals surface area contributed by atoms with Crippen LogP contribution in [0.3, 0.4) is 0 Å². The Kier molecular flexibility index (Phi) is 4.43. The van der Waals surface area contributed by atoms with E-state index in [0.29, 0.717) is 18.4 Å². The molecule has 1 amide bonds. The summed E-state index contributed by atoms with van der Waals surface area (Å²) >= 11 is 0. The number of amides is 1. The number of carbonyl (C=O) groups is 1. The first-order valence-electron chi connectivity index (χ1n) is 10.0. The molecule has 0 unspecified atom stereocenters. The van der Waals surface area contributed by atoms with Gasteiger partial charge in [-0.05, 0) is 37.2 Å². The van der Waals surface area contributed by atoms with Crippen LogP contribution in [0.4, 0.5) is 0 Å². The van der Waals surface area contributed by atoms with Crippen LogP contribution in [0.15, 0.2) is 42.7 Å². The van der Waals surface area contributed by atoms with Gasteiger partial charge in [0, 0.05) is 30.8 Å². The topological polar surface area (TPSA) is 79.7 Å². The summed E-state index contributed by atoms with van der Waals surface area (Å²) in [4.78, 5) is 19.3. The van der Waals surface area contributed by atoms with Crippen LogP contribution < -0.4 is 0 Å². The Morgan fingerprint density at radius 3 is 2.61 bits per heavy atom. The molecule has 1 aliphatic heterocycles. The predicted molar refractivity (Wildman–Crippen MR) is 105 cm³/mol. The van der Waals surface area contributed by atoms with Crippen LogP contribution in [0, 0.1) is 0 Å². The zero-order chi connectivity index (χ0) is 18.9. The Bertz CT molecular complexity index is 950. The number of rotatable bonds is 5. The van der Waals surface area contributed by atoms with Crippen LogP contribution in [0.2, 0.25) is 0 Å². The van der Waals surface area contributed by atoms with Gasteiger partial charge in [0.1, 0.15) is 12.4 Å². The number of aromatic nitrogens is 5. The zero-order valence-corrected chi connectivity index (χ0v) is 15.8. The first kappa shape index (κ1) is 17.2. The monoisotopic (exact) mass is 376 g/mol. The second kappa shape index (κ2) is 7.22. The van der Waals surface area contributed by atoms with Gasteiger partial charge in [-0.15, -0.1) is 0 Å². The molecule has 5 rings (SSSR count). The number of piperidine rings is 1. The van der Waals surface area contributed by atoms with E-state index < -0.39 is 0 Å². The lowest BCUT2D eigenvalue weighted by Gasteiger charge is -2.31. The molecule has 7 heteroatoms. The van der Waals surface area contributed by atoms with E-state index in [1.165, 1.54) is 18.4 Å². The summed E-state index contributed by atoms with van der Waals surface area (Å²) in [7, 11) is 0. The molecule has 2 aliphatic rings. The molecule has 0 radical (unpaired) electrons. The van der Waals surface area contributed by atoms with E-state index in [1.54, 1.807) is 4.68 Å². The highest BCUT2D eigenvalue weighted by Crippen LogP contribution is 2.39. The van der Waals surface area contributed by atoms with Gasteiger partial charge in [0.25, 0.3) is 0 Å². The molecule has 28 heavy (non-hydrogen) atoms. The molecule has 0 bridgehead atoms. The summed E-state index contributed by atoms with van der Waals surface area (Å²) in [5.74, 6) is 2.79. The first-order valence-corrected chi connectivity index (χ1v) is 10.0. The van der Waals surface area contributed by atoms with Gasteiger partial charge in [0.2, 0.25) is 5.91 Å². The van der Waals surface area contributed by atoms with E-state index in [2.05, 4.69) is 20.3 Å². The van der Waals surface area contributed by atoms with E-state index >= 15 is 0 Å². The van der Waals surface area contributed by atoms with Gasteiger partial charge in [0.05, 0.1) is 6.20 Å². The van der Waals surface area contributed by atoms with Crippen LogP contribution >= 0.6 is 0 Å². The summed E-state index contributed by atoms with van der Waals surface area (Å²) < 4.78 is 1.78. The van der Waals surface area contributed by atoms with Crippen molar-refractivity contribution < 1.29 is 4.79 Å². The number of nitrogens with one attached hydrogen (secondary N) is 1. The molecular weight excluding hydrogens is 352 g/mol. The van der Waals surface area contributed by atoms with Gasteiger partial charge < -0.3 is 4.90 Å². The van der Waals surface area contributed by atoms with Crippen LogP contribution in [0.1, 0.15) is 48.9 Å². The summed E-state index contributed by atoms with van der Waals surface area (Å²) in [6, 6.07) is 9.99. The summed E-state index contributed by atoms with van der Waals surface area (Å²) in [5.41, 5.74) is 2.29. The van der Waals surface area contributed by atoms with Crippen molar-refractivity contribution in [2.24, 2.45) is 0 Å². The molecule has 2 fully saturated rings. The highest BCUT2D eigenvalue weighted by molar-refractivity contribution is 5.76. The molecule has 1 aliphatic carbocycles. The molecule has 3 heterocycles. The third kappa shape index (κ3) is 3.56. The van der Waals surface area contributed by atoms with Crippen molar-refractivity contribution in [3.8, 4) is 11.4 Å². The molecule has 0 atom stereocenters. The molecule has 1 saturated heterocycles. The predicted octanol–water partition coefficient (Wildman–Crippen LogP) is 2.95. The van der Waals surface area contributed by atoms with E-state index in [1.807, 2.05) is 47.6 Å². The minimum absolute atomic E-state index is 0.145. The van der Waals surface area contributed by atoms with Crippen molar-refractivity contribution in [2.45, 2.75) is 44.1 Å². The van der Waals surface area contributed by atoms with Crippen molar-refractivity contribution in [2.75, 3.05) is 13.1 Å². The molecule has 0 spiro atoms. The first-order chi connectivity index (χ1) is 13.8. The average molecular weight is 376 g/mol. The maximum atomic E-state index is 12.6. The molecule has 1 saturated carbocycles. The normalized spacial score (nSPS) is 17.8. The standard InChI is InChI=1S/C21H24N6O/c28-19(14-27-13-18(12-22-27)15-6-7-15)26-10-8-17(9-11-26)21-23-20(24-25-21)16-4-2-1-3-5-16/h1-5,12-13,15,17H,6-11,14H2,(H,23,24,25). The number of carbonyl (C=O) groups excluding carboxylic acids is 1. The van der Waals surface area contributed by atoms with Crippen LogP contribution in [0.5, 0.6) is 0 Å². The minimum Gasteiger partial charge on any atom is -0.341 e. The molecule has 1 N–H and O–H groups in total. The summed E-state index contributed by atoms with van der Waals surface area (Å²) in [5, 5.41) is 11.8. The number of aromatic amines is 1. The van der Waals surface area contributed by atoms with Crippen LogP contribution in [-0.2, 0) is 11.3 Å². The lowest BCUT2D eigenvalue weighted by atomic mass is 9.96. The Labute approximate surface area is 163 Å². The highest BCUT2D eigenvalue weighted by atomic mass is 16.2. The van der Waals surface area contributed by atoms with Gasteiger partial charge in [-0.3, -0.25) is 14.6 Å². The Morgan fingerprint density at radius 1 is 1.07 bits per heavy atom. The third-order valence-electron chi connectivity index (χ3n) is 5.77. The van der Waals surface area contributed by atoms with Gasteiger partial charge in [-0.2, -0.15) is 10.2 Å². The summed E-state index contributed by atoms with van der Waals surface area (Å²) in [6.45, 7) is 1.83.